The van der Waals surface area contributed by atoms with E-state index in [0.717, 1.165) is 68.3 Å². The molecular formula is C24H39IN4O3. The maximum absolute atomic E-state index is 12.8. The highest BCUT2D eigenvalue weighted by atomic mass is 127. The Hall–Kier alpha value is -1.71. The van der Waals surface area contributed by atoms with Gasteiger partial charge in [-0.1, -0.05) is 19.3 Å². The van der Waals surface area contributed by atoms with E-state index in [1.165, 1.54) is 19.3 Å². The van der Waals surface area contributed by atoms with E-state index in [-0.39, 0.29) is 35.9 Å². The molecule has 1 saturated carbocycles. The van der Waals surface area contributed by atoms with E-state index in [1.54, 1.807) is 14.2 Å². The Morgan fingerprint density at radius 1 is 1.16 bits per heavy atom. The number of amides is 1. The van der Waals surface area contributed by atoms with Gasteiger partial charge in [0.15, 0.2) is 5.96 Å². The number of rotatable bonds is 8. The van der Waals surface area contributed by atoms with Crippen molar-refractivity contribution in [1.29, 1.82) is 0 Å². The molecule has 0 bridgehead atoms. The number of benzene rings is 1. The second kappa shape index (κ2) is 13.7. The first kappa shape index (κ1) is 26.5. The molecule has 1 saturated heterocycles. The molecule has 0 aromatic heterocycles. The molecule has 1 aromatic rings. The summed E-state index contributed by atoms with van der Waals surface area (Å²) >= 11 is 0. The van der Waals surface area contributed by atoms with Crippen LogP contribution in [0.3, 0.4) is 0 Å². The summed E-state index contributed by atoms with van der Waals surface area (Å²) in [6.07, 6.45) is 7.51. The number of nitrogens with zero attached hydrogens (tertiary/aromatic N) is 2. The Kier molecular flexibility index (Phi) is 11.4. The second-order valence-corrected chi connectivity index (χ2v) is 8.44. The predicted molar refractivity (Wildman–Crippen MR) is 139 cm³/mol. The minimum atomic E-state index is 0. The van der Waals surface area contributed by atoms with Crippen molar-refractivity contribution in [2.24, 2.45) is 10.9 Å². The standard InChI is InChI=1S/C24H38N4O3.HI/c1-4-25-24(26-14-12-19-16-21(30-2)10-11-22(19)31-3)27-20-13-15-28(17-20)23(29)18-8-6-5-7-9-18;/h10-11,16,18,20H,4-9,12-15,17H2,1-3H3,(H2,25,26,27);1H. The average molecular weight is 559 g/mol. The maximum Gasteiger partial charge on any atom is 0.225 e. The summed E-state index contributed by atoms with van der Waals surface area (Å²) < 4.78 is 10.8. The largest absolute Gasteiger partial charge is 0.497 e. The van der Waals surface area contributed by atoms with Crippen molar-refractivity contribution < 1.29 is 14.3 Å². The van der Waals surface area contributed by atoms with Gasteiger partial charge < -0.3 is 25.0 Å². The number of halogens is 1. The topological polar surface area (TPSA) is 75.2 Å². The van der Waals surface area contributed by atoms with Gasteiger partial charge in [-0.25, -0.2) is 0 Å². The van der Waals surface area contributed by atoms with E-state index in [9.17, 15) is 4.79 Å². The second-order valence-electron chi connectivity index (χ2n) is 8.44. The molecule has 1 heterocycles. The van der Waals surface area contributed by atoms with Crippen molar-refractivity contribution >= 4 is 35.8 Å². The van der Waals surface area contributed by atoms with E-state index in [1.807, 2.05) is 18.2 Å². The third-order valence-electron chi connectivity index (χ3n) is 6.28. The van der Waals surface area contributed by atoms with Crippen molar-refractivity contribution in [3.8, 4) is 11.5 Å². The van der Waals surface area contributed by atoms with Gasteiger partial charge in [0.05, 0.1) is 14.2 Å². The lowest BCUT2D eigenvalue weighted by molar-refractivity contribution is -0.135. The highest BCUT2D eigenvalue weighted by molar-refractivity contribution is 14.0. The average Bonchev–Trinajstić information content (AvgIpc) is 3.27. The number of likely N-dealkylation sites (tertiary alicyclic amines) is 1. The summed E-state index contributed by atoms with van der Waals surface area (Å²) in [5.41, 5.74) is 1.08. The lowest BCUT2D eigenvalue weighted by Crippen LogP contribution is -2.45. The van der Waals surface area contributed by atoms with E-state index in [4.69, 9.17) is 14.5 Å². The first-order chi connectivity index (χ1) is 15.1. The molecule has 180 valence electrons. The van der Waals surface area contributed by atoms with Crippen LogP contribution in [0, 0.1) is 5.92 Å². The van der Waals surface area contributed by atoms with Crippen molar-refractivity contribution in [1.82, 2.24) is 15.5 Å². The number of carbonyl (C=O) groups excluding carboxylic acids is 1. The summed E-state index contributed by atoms with van der Waals surface area (Å²) in [5, 5.41) is 6.87. The van der Waals surface area contributed by atoms with Crippen LogP contribution in [-0.2, 0) is 11.2 Å². The fraction of sp³-hybridized carbons (Fsp3) is 0.667. The normalized spacial score (nSPS) is 19.3. The van der Waals surface area contributed by atoms with Crippen LogP contribution in [0.15, 0.2) is 23.2 Å². The molecule has 7 nitrogen and oxygen atoms in total. The van der Waals surface area contributed by atoms with E-state index >= 15 is 0 Å². The molecule has 1 atom stereocenters. The molecule has 1 aliphatic heterocycles. The van der Waals surface area contributed by atoms with Gasteiger partial charge in [0.25, 0.3) is 0 Å². The number of carbonyl (C=O) groups is 1. The van der Waals surface area contributed by atoms with E-state index < -0.39 is 0 Å². The molecule has 2 N–H and O–H groups in total. The molecule has 1 unspecified atom stereocenters. The molecule has 1 aromatic carbocycles. The predicted octanol–water partition coefficient (Wildman–Crippen LogP) is 3.60. The number of ether oxygens (including phenoxy) is 2. The molecule has 0 radical (unpaired) electrons. The minimum Gasteiger partial charge on any atom is -0.497 e. The zero-order valence-corrected chi connectivity index (χ0v) is 22.0. The quantitative estimate of drug-likeness (QED) is 0.290. The van der Waals surface area contributed by atoms with Crippen molar-refractivity contribution in [2.45, 2.75) is 57.9 Å². The van der Waals surface area contributed by atoms with E-state index in [2.05, 4.69) is 22.5 Å². The zero-order chi connectivity index (χ0) is 22.1. The summed E-state index contributed by atoms with van der Waals surface area (Å²) in [5.74, 6) is 3.07. The Balaban J connectivity index is 0.00000363. The molecule has 1 amide bonds. The first-order valence-electron chi connectivity index (χ1n) is 11.7. The lowest BCUT2D eigenvalue weighted by atomic mass is 9.88. The van der Waals surface area contributed by atoms with Crippen molar-refractivity contribution in [3.63, 3.8) is 0 Å². The highest BCUT2D eigenvalue weighted by Crippen LogP contribution is 2.27. The molecule has 0 spiro atoms. The van der Waals surface area contributed by atoms with Crippen LogP contribution >= 0.6 is 24.0 Å². The van der Waals surface area contributed by atoms with Gasteiger partial charge in [-0.3, -0.25) is 9.79 Å². The Labute approximate surface area is 209 Å². The molecule has 3 rings (SSSR count). The zero-order valence-electron chi connectivity index (χ0n) is 19.7. The number of guanidine groups is 1. The Morgan fingerprint density at radius 2 is 1.94 bits per heavy atom. The summed E-state index contributed by atoms with van der Waals surface area (Å²) in [4.78, 5) is 19.6. The molecule has 32 heavy (non-hydrogen) atoms. The molecular weight excluding hydrogens is 519 g/mol. The molecule has 2 fully saturated rings. The lowest BCUT2D eigenvalue weighted by Gasteiger charge is -2.26. The van der Waals surface area contributed by atoms with Gasteiger partial charge in [0, 0.05) is 38.1 Å². The number of aliphatic imine (C=N–C) groups is 1. The van der Waals surface area contributed by atoms with Crippen LogP contribution in [-0.4, -0.2) is 63.2 Å². The van der Waals surface area contributed by atoms with Gasteiger partial charge in [-0.2, -0.15) is 0 Å². The molecule has 2 aliphatic rings. The number of hydrogen-bond acceptors (Lipinski definition) is 4. The number of hydrogen-bond donors (Lipinski definition) is 2. The van der Waals surface area contributed by atoms with Crippen LogP contribution in [0.1, 0.15) is 51.0 Å². The maximum atomic E-state index is 12.8. The Bertz CT molecular complexity index is 753. The summed E-state index contributed by atoms with van der Waals surface area (Å²) in [6.45, 7) is 5.11. The van der Waals surface area contributed by atoms with Gasteiger partial charge in [0.2, 0.25) is 5.91 Å². The van der Waals surface area contributed by atoms with Crippen molar-refractivity contribution in [3.05, 3.63) is 23.8 Å². The molecule has 1 aliphatic carbocycles. The number of nitrogens with one attached hydrogen (secondary N) is 2. The van der Waals surface area contributed by atoms with Gasteiger partial charge in [-0.05, 0) is 56.4 Å². The third-order valence-corrected chi connectivity index (χ3v) is 6.28. The van der Waals surface area contributed by atoms with Gasteiger partial charge >= 0.3 is 0 Å². The Morgan fingerprint density at radius 3 is 2.62 bits per heavy atom. The summed E-state index contributed by atoms with van der Waals surface area (Å²) in [7, 11) is 3.35. The first-order valence-corrected chi connectivity index (χ1v) is 11.7. The van der Waals surface area contributed by atoms with Crippen LogP contribution < -0.4 is 20.1 Å². The van der Waals surface area contributed by atoms with Crippen LogP contribution in [0.5, 0.6) is 11.5 Å². The monoisotopic (exact) mass is 558 g/mol. The van der Waals surface area contributed by atoms with E-state index in [0.29, 0.717) is 12.5 Å². The fourth-order valence-corrected chi connectivity index (χ4v) is 4.56. The third kappa shape index (κ3) is 7.42. The van der Waals surface area contributed by atoms with Gasteiger partial charge in [0.1, 0.15) is 11.5 Å². The minimum absolute atomic E-state index is 0. The van der Waals surface area contributed by atoms with Crippen molar-refractivity contribution in [2.75, 3.05) is 40.4 Å². The smallest absolute Gasteiger partial charge is 0.225 e. The fourth-order valence-electron chi connectivity index (χ4n) is 4.56. The summed E-state index contributed by atoms with van der Waals surface area (Å²) in [6, 6.07) is 6.08. The van der Waals surface area contributed by atoms with Crippen LogP contribution in [0.4, 0.5) is 0 Å². The van der Waals surface area contributed by atoms with Gasteiger partial charge in [-0.15, -0.1) is 24.0 Å². The van der Waals surface area contributed by atoms with Crippen LogP contribution in [0.2, 0.25) is 0 Å². The molecule has 8 heteroatoms. The van der Waals surface area contributed by atoms with Crippen LogP contribution in [0.25, 0.3) is 0 Å². The SMILES string of the molecule is CCNC(=NCCc1cc(OC)ccc1OC)NC1CCN(C(=O)C2CCCCC2)C1.I. The number of methoxy groups -OCH3 is 2. The highest BCUT2D eigenvalue weighted by Gasteiger charge is 2.31.